The van der Waals surface area contributed by atoms with E-state index in [4.69, 9.17) is 4.98 Å². The second kappa shape index (κ2) is 12.5. The van der Waals surface area contributed by atoms with E-state index in [0.717, 1.165) is 5.52 Å². The van der Waals surface area contributed by atoms with Crippen LogP contribution in [0.3, 0.4) is 0 Å². The summed E-state index contributed by atoms with van der Waals surface area (Å²) in [5.41, 5.74) is 17.7. The van der Waals surface area contributed by atoms with Crippen LogP contribution in [0, 0.1) is 6.92 Å². The Hall–Kier alpha value is -7.09. The van der Waals surface area contributed by atoms with Crippen molar-refractivity contribution >= 4 is 49.3 Å². The minimum atomic E-state index is -0.416. The van der Waals surface area contributed by atoms with Crippen LogP contribution in [0.25, 0.3) is 82.7 Å². The zero-order valence-corrected chi connectivity index (χ0v) is 32.5. The third-order valence-electron chi connectivity index (χ3n) is 13.4. The lowest BCUT2D eigenvalue weighted by Crippen LogP contribution is -2.25. The molecule has 0 fully saturated rings. The van der Waals surface area contributed by atoms with Crippen molar-refractivity contribution in [2.24, 2.45) is 0 Å². The maximum absolute atomic E-state index is 4.70. The average molecular weight is 738 g/mol. The van der Waals surface area contributed by atoms with E-state index in [-0.39, 0.29) is 5.92 Å². The summed E-state index contributed by atoms with van der Waals surface area (Å²) in [6.45, 7) is 4.51. The SMILES string of the molecule is Cc1c(/C=C\C(C)c2ccc3c(c2)-c2c(-c4ccc5c6ccccc6c6ccccc6c5c4)cccc2C32c3ccccc3-c3ccccc32)ccc2cccnc12. The third-order valence-corrected chi connectivity index (χ3v) is 13.4. The fourth-order valence-corrected chi connectivity index (χ4v) is 10.7. The van der Waals surface area contributed by atoms with Gasteiger partial charge in [-0.25, -0.2) is 0 Å². The Balaban J connectivity index is 1.09. The first-order chi connectivity index (χ1) is 28.6. The molecule has 0 saturated heterocycles. The van der Waals surface area contributed by atoms with Crippen molar-refractivity contribution in [1.29, 1.82) is 0 Å². The molecule has 0 aliphatic heterocycles. The molecule has 10 aromatic rings. The standard InChI is InChI=1S/C57H39N/c1-35(24-25-37-26-27-38-13-12-32-58-56(38)36(37)2)39-29-31-53-50(33-39)55-41(20-11-23-54(55)57(53)51-21-9-7-18-47(51)48-19-8-10-22-52(48)57)40-28-30-46-44-16-4-3-14-42(44)43-15-5-6-17-45(43)49(46)34-40/h3-35H,1-2H3/b25-24-. The van der Waals surface area contributed by atoms with E-state index in [1.54, 1.807) is 0 Å². The maximum atomic E-state index is 4.70. The molecule has 0 amide bonds. The number of allylic oxidation sites excluding steroid dienone is 1. The lowest BCUT2D eigenvalue weighted by Gasteiger charge is -2.30. The van der Waals surface area contributed by atoms with Crippen LogP contribution >= 0.6 is 0 Å². The van der Waals surface area contributed by atoms with Crippen molar-refractivity contribution in [2.45, 2.75) is 25.2 Å². The Morgan fingerprint density at radius 2 is 1.09 bits per heavy atom. The zero-order valence-electron chi connectivity index (χ0n) is 32.5. The number of hydrogen-bond donors (Lipinski definition) is 0. The molecule has 1 aromatic heterocycles. The first kappa shape index (κ1) is 33.1. The highest BCUT2D eigenvalue weighted by molar-refractivity contribution is 6.26. The van der Waals surface area contributed by atoms with E-state index in [1.165, 1.54) is 110 Å². The summed E-state index contributed by atoms with van der Waals surface area (Å²) in [4.78, 5) is 4.70. The van der Waals surface area contributed by atoms with E-state index in [1.807, 2.05) is 12.3 Å². The first-order valence-corrected chi connectivity index (χ1v) is 20.4. The number of hydrogen-bond acceptors (Lipinski definition) is 1. The van der Waals surface area contributed by atoms with Gasteiger partial charge in [-0.15, -0.1) is 0 Å². The highest BCUT2D eigenvalue weighted by Crippen LogP contribution is 2.64. The minimum Gasteiger partial charge on any atom is -0.256 e. The van der Waals surface area contributed by atoms with E-state index < -0.39 is 5.41 Å². The van der Waals surface area contributed by atoms with Crippen LogP contribution in [0.4, 0.5) is 0 Å². The van der Waals surface area contributed by atoms with Crippen molar-refractivity contribution in [3.8, 4) is 33.4 Å². The summed E-state index contributed by atoms with van der Waals surface area (Å²) < 4.78 is 0. The van der Waals surface area contributed by atoms with Crippen LogP contribution in [0.5, 0.6) is 0 Å². The quantitative estimate of drug-likeness (QED) is 0.164. The molecular formula is C57H39N. The Morgan fingerprint density at radius 3 is 1.81 bits per heavy atom. The van der Waals surface area contributed by atoms with Crippen LogP contribution in [0.2, 0.25) is 0 Å². The van der Waals surface area contributed by atoms with Crippen molar-refractivity contribution in [3.63, 3.8) is 0 Å². The topological polar surface area (TPSA) is 12.9 Å². The zero-order chi connectivity index (χ0) is 38.5. The number of aromatic nitrogens is 1. The lowest BCUT2D eigenvalue weighted by molar-refractivity contribution is 0.792. The summed E-state index contributed by atoms with van der Waals surface area (Å²) in [5, 5.41) is 8.95. The van der Waals surface area contributed by atoms with E-state index in [9.17, 15) is 0 Å². The van der Waals surface area contributed by atoms with Gasteiger partial charge < -0.3 is 0 Å². The van der Waals surface area contributed by atoms with Crippen molar-refractivity contribution in [2.75, 3.05) is 0 Å². The predicted molar refractivity (Wildman–Crippen MR) is 245 cm³/mol. The molecule has 58 heavy (non-hydrogen) atoms. The number of fused-ring (bicyclic) bond motifs is 17. The number of pyridine rings is 1. The fourth-order valence-electron chi connectivity index (χ4n) is 10.7. The molecule has 1 unspecified atom stereocenters. The Bertz CT molecular complexity index is 3300. The summed E-state index contributed by atoms with van der Waals surface area (Å²) >= 11 is 0. The van der Waals surface area contributed by atoms with Gasteiger partial charge in [0.05, 0.1) is 10.9 Å². The maximum Gasteiger partial charge on any atom is 0.0737 e. The second-order valence-electron chi connectivity index (χ2n) is 16.2. The van der Waals surface area contributed by atoms with Gasteiger partial charge in [0.2, 0.25) is 0 Å². The van der Waals surface area contributed by atoms with E-state index in [0.29, 0.717) is 0 Å². The monoisotopic (exact) mass is 737 g/mol. The molecule has 12 rings (SSSR count). The molecule has 2 aliphatic carbocycles. The van der Waals surface area contributed by atoms with Crippen LogP contribution in [0.1, 0.15) is 51.8 Å². The van der Waals surface area contributed by atoms with Crippen molar-refractivity contribution in [3.05, 3.63) is 227 Å². The Labute approximate surface area is 338 Å². The van der Waals surface area contributed by atoms with Gasteiger partial charge in [-0.3, -0.25) is 4.98 Å². The van der Waals surface area contributed by atoms with Gasteiger partial charge in [0.1, 0.15) is 0 Å². The Kier molecular flexibility index (Phi) is 7.10. The smallest absolute Gasteiger partial charge is 0.0737 e. The summed E-state index contributed by atoms with van der Waals surface area (Å²) in [6, 6.07) is 66.0. The van der Waals surface area contributed by atoms with Crippen LogP contribution in [-0.2, 0) is 5.41 Å². The van der Waals surface area contributed by atoms with Gasteiger partial charge in [-0.05, 0) is 130 Å². The number of rotatable bonds is 4. The molecule has 1 heterocycles. The summed E-state index contributed by atoms with van der Waals surface area (Å²) in [7, 11) is 0. The average Bonchev–Trinajstić information content (AvgIpc) is 3.76. The largest absolute Gasteiger partial charge is 0.256 e. The molecule has 0 saturated carbocycles. The molecule has 1 heteroatoms. The predicted octanol–water partition coefficient (Wildman–Crippen LogP) is 14.8. The van der Waals surface area contributed by atoms with Gasteiger partial charge in [-0.2, -0.15) is 0 Å². The van der Waals surface area contributed by atoms with Gasteiger partial charge in [-0.1, -0.05) is 183 Å². The number of benzene rings is 9. The second-order valence-corrected chi connectivity index (χ2v) is 16.2. The number of aryl methyl sites for hydroxylation is 1. The van der Waals surface area contributed by atoms with Crippen LogP contribution < -0.4 is 0 Å². The molecule has 1 nitrogen and oxygen atoms in total. The molecule has 9 aromatic carbocycles. The Morgan fingerprint density at radius 1 is 0.483 bits per heavy atom. The molecule has 0 bridgehead atoms. The van der Waals surface area contributed by atoms with E-state index >= 15 is 0 Å². The minimum absolute atomic E-state index is 0.194. The molecule has 1 atom stereocenters. The third kappa shape index (κ3) is 4.50. The summed E-state index contributed by atoms with van der Waals surface area (Å²) in [6.07, 6.45) is 6.53. The van der Waals surface area contributed by atoms with Gasteiger partial charge >= 0.3 is 0 Å². The molecule has 272 valence electrons. The molecule has 0 N–H and O–H groups in total. The molecular weight excluding hydrogens is 699 g/mol. The van der Waals surface area contributed by atoms with Crippen LogP contribution in [0.15, 0.2) is 188 Å². The van der Waals surface area contributed by atoms with E-state index in [2.05, 4.69) is 196 Å². The number of nitrogens with zero attached hydrogens (tertiary/aromatic N) is 1. The highest BCUT2D eigenvalue weighted by atomic mass is 14.6. The van der Waals surface area contributed by atoms with Gasteiger partial charge in [0.15, 0.2) is 0 Å². The molecule has 2 aliphatic rings. The fraction of sp³-hybridized carbons (Fsp3) is 0.0702. The van der Waals surface area contributed by atoms with Crippen molar-refractivity contribution in [1.82, 2.24) is 4.98 Å². The molecule has 1 spiro atoms. The highest BCUT2D eigenvalue weighted by Gasteiger charge is 2.52. The molecule has 0 radical (unpaired) electrons. The summed E-state index contributed by atoms with van der Waals surface area (Å²) in [5.74, 6) is 0.194. The van der Waals surface area contributed by atoms with Gasteiger partial charge in [0, 0.05) is 11.6 Å². The van der Waals surface area contributed by atoms with Gasteiger partial charge in [0.25, 0.3) is 0 Å². The van der Waals surface area contributed by atoms with Crippen LogP contribution in [-0.4, -0.2) is 4.98 Å². The lowest BCUT2D eigenvalue weighted by atomic mass is 9.70. The van der Waals surface area contributed by atoms with Crippen molar-refractivity contribution < 1.29 is 0 Å². The normalized spacial score (nSPS) is 14.0. The first-order valence-electron chi connectivity index (χ1n) is 20.4.